The summed E-state index contributed by atoms with van der Waals surface area (Å²) < 4.78 is 11.3. The summed E-state index contributed by atoms with van der Waals surface area (Å²) in [5.41, 5.74) is 5.30. The number of nitrogens with one attached hydrogen (secondary N) is 1. The van der Waals surface area contributed by atoms with Crippen molar-refractivity contribution in [2.24, 2.45) is 5.92 Å². The van der Waals surface area contributed by atoms with Crippen molar-refractivity contribution in [3.05, 3.63) is 52.8 Å². The van der Waals surface area contributed by atoms with E-state index in [2.05, 4.69) is 23.8 Å². The highest BCUT2D eigenvalue weighted by Crippen LogP contribution is 2.23. The molecule has 2 heterocycles. The van der Waals surface area contributed by atoms with E-state index >= 15 is 0 Å². The lowest BCUT2D eigenvalue weighted by Crippen LogP contribution is -2.09. The van der Waals surface area contributed by atoms with Crippen LogP contribution < -0.4 is 4.74 Å². The second kappa shape index (κ2) is 8.76. The number of hydrogen-bond acceptors (Lipinski definition) is 6. The van der Waals surface area contributed by atoms with Crippen molar-refractivity contribution in [2.45, 2.75) is 39.7 Å². The van der Waals surface area contributed by atoms with E-state index in [0.29, 0.717) is 18.4 Å². The molecule has 0 saturated heterocycles. The number of nitrogens with zero attached hydrogens (tertiary/aromatic N) is 2. The number of hydrogen-bond donors (Lipinski definition) is 1. The summed E-state index contributed by atoms with van der Waals surface area (Å²) in [5.74, 6) is 1.72. The van der Waals surface area contributed by atoms with Crippen LogP contribution in [0.25, 0.3) is 11.5 Å². The van der Waals surface area contributed by atoms with Gasteiger partial charge in [0.25, 0.3) is 0 Å². The lowest BCUT2D eigenvalue weighted by Gasteiger charge is -2.08. The van der Waals surface area contributed by atoms with Crippen LogP contribution >= 0.6 is 11.3 Å². The van der Waals surface area contributed by atoms with Crippen molar-refractivity contribution in [1.82, 2.24) is 9.97 Å². The molecule has 26 heavy (non-hydrogen) atoms. The average molecular weight is 369 g/mol. The van der Waals surface area contributed by atoms with Gasteiger partial charge in [0.1, 0.15) is 18.6 Å². The van der Waals surface area contributed by atoms with Gasteiger partial charge in [-0.05, 0) is 49.4 Å². The highest BCUT2D eigenvalue weighted by atomic mass is 32.1. The smallest absolute Gasteiger partial charge is 0.226 e. The molecule has 0 bridgehead atoms. The van der Waals surface area contributed by atoms with Crippen LogP contribution in [0.2, 0.25) is 0 Å². The van der Waals surface area contributed by atoms with E-state index < -0.39 is 0 Å². The van der Waals surface area contributed by atoms with Crippen LogP contribution in [0, 0.1) is 11.3 Å². The zero-order valence-corrected chi connectivity index (χ0v) is 15.9. The van der Waals surface area contributed by atoms with E-state index in [4.69, 9.17) is 14.6 Å². The first-order chi connectivity index (χ1) is 12.7. The zero-order chi connectivity index (χ0) is 18.4. The highest BCUT2D eigenvalue weighted by molar-refractivity contribution is 7.07. The van der Waals surface area contributed by atoms with Crippen LogP contribution in [0.4, 0.5) is 0 Å². The predicted octanol–water partition coefficient (Wildman–Crippen LogP) is 5.38. The van der Waals surface area contributed by atoms with Gasteiger partial charge in [0.05, 0.1) is 16.9 Å². The normalized spacial score (nSPS) is 12.1. The Kier molecular flexibility index (Phi) is 6.17. The summed E-state index contributed by atoms with van der Waals surface area (Å²) in [5, 5.41) is 10.0. The third-order valence-electron chi connectivity index (χ3n) is 4.38. The minimum Gasteiger partial charge on any atom is -0.487 e. The molecule has 136 valence electrons. The Balaban J connectivity index is 1.56. The third kappa shape index (κ3) is 4.79. The van der Waals surface area contributed by atoms with Crippen LogP contribution in [0.5, 0.6) is 5.75 Å². The van der Waals surface area contributed by atoms with Gasteiger partial charge < -0.3 is 14.6 Å². The van der Waals surface area contributed by atoms with Gasteiger partial charge in [-0.3, -0.25) is 0 Å². The first-order valence-corrected chi connectivity index (χ1v) is 9.72. The number of thiazole rings is 1. The molecule has 0 amide bonds. The van der Waals surface area contributed by atoms with E-state index in [9.17, 15) is 0 Å². The molecule has 0 radical (unpaired) electrons. The van der Waals surface area contributed by atoms with Crippen molar-refractivity contribution in [3.63, 3.8) is 0 Å². The molecule has 0 spiro atoms. The number of ether oxygens (including phenoxy) is 1. The summed E-state index contributed by atoms with van der Waals surface area (Å²) in [7, 11) is 0. The predicted molar refractivity (Wildman–Crippen MR) is 104 cm³/mol. The standard InChI is InChI=1S/C20H23N3O2S/c1-3-14(2)19(21)9-6-16-10-25-20(23-16)15-4-7-18(8-5-15)24-11-17-12-26-13-22-17/h4-5,7-8,10,12-14,21H,3,6,9,11H2,1-2H3. The fourth-order valence-electron chi connectivity index (χ4n) is 2.47. The van der Waals surface area contributed by atoms with E-state index in [1.165, 1.54) is 0 Å². The molecule has 0 aliphatic heterocycles. The minimum atomic E-state index is 0.332. The Bertz CT molecular complexity index is 825. The topological polar surface area (TPSA) is 72.0 Å². The Morgan fingerprint density at radius 3 is 2.77 bits per heavy atom. The average Bonchev–Trinajstić information content (AvgIpc) is 3.36. The van der Waals surface area contributed by atoms with Gasteiger partial charge >= 0.3 is 0 Å². The molecule has 2 aromatic heterocycles. The molecule has 1 atom stereocenters. The lowest BCUT2D eigenvalue weighted by atomic mass is 9.98. The van der Waals surface area contributed by atoms with Crippen LogP contribution in [-0.4, -0.2) is 15.7 Å². The fourth-order valence-corrected chi connectivity index (χ4v) is 3.01. The molecule has 0 aliphatic rings. The maximum atomic E-state index is 8.05. The van der Waals surface area contributed by atoms with Gasteiger partial charge in [0, 0.05) is 16.7 Å². The second-order valence-electron chi connectivity index (χ2n) is 6.27. The van der Waals surface area contributed by atoms with Gasteiger partial charge in [-0.25, -0.2) is 9.97 Å². The molecule has 1 aromatic carbocycles. The molecule has 3 rings (SSSR count). The van der Waals surface area contributed by atoms with E-state index in [1.54, 1.807) is 23.1 Å². The molecule has 0 fully saturated rings. The number of rotatable bonds is 9. The first-order valence-electron chi connectivity index (χ1n) is 8.77. The van der Waals surface area contributed by atoms with Crippen LogP contribution in [0.3, 0.4) is 0 Å². The van der Waals surface area contributed by atoms with E-state index in [0.717, 1.165) is 47.7 Å². The number of aromatic nitrogens is 2. The highest BCUT2D eigenvalue weighted by Gasteiger charge is 2.10. The van der Waals surface area contributed by atoms with Crippen molar-refractivity contribution in [2.75, 3.05) is 0 Å². The quantitative estimate of drug-likeness (QED) is 0.514. The number of benzene rings is 1. The Labute approximate surface area is 157 Å². The van der Waals surface area contributed by atoms with Gasteiger partial charge in [0.2, 0.25) is 5.89 Å². The second-order valence-corrected chi connectivity index (χ2v) is 6.99. The molecular weight excluding hydrogens is 346 g/mol. The molecule has 3 aromatic rings. The SMILES string of the molecule is CCC(C)C(=N)CCc1coc(-c2ccc(OCc3cscn3)cc2)n1. The van der Waals surface area contributed by atoms with E-state index in [1.807, 2.05) is 29.6 Å². The summed E-state index contributed by atoms with van der Waals surface area (Å²) in [6, 6.07) is 7.69. The molecule has 0 aliphatic carbocycles. The molecule has 1 unspecified atom stereocenters. The van der Waals surface area contributed by atoms with Crippen molar-refractivity contribution in [3.8, 4) is 17.2 Å². The van der Waals surface area contributed by atoms with Gasteiger partial charge in [-0.1, -0.05) is 13.8 Å². The molecule has 1 N–H and O–H groups in total. The lowest BCUT2D eigenvalue weighted by molar-refractivity contribution is 0.302. The zero-order valence-electron chi connectivity index (χ0n) is 15.1. The van der Waals surface area contributed by atoms with Crippen molar-refractivity contribution >= 4 is 17.0 Å². The summed E-state index contributed by atoms with van der Waals surface area (Å²) in [6.45, 7) is 4.67. The van der Waals surface area contributed by atoms with Gasteiger partial charge in [-0.2, -0.15) is 0 Å². The molecule has 5 nitrogen and oxygen atoms in total. The molecule has 0 saturated carbocycles. The van der Waals surface area contributed by atoms with Crippen LogP contribution in [0.15, 0.2) is 45.8 Å². The van der Waals surface area contributed by atoms with Crippen LogP contribution in [-0.2, 0) is 13.0 Å². The largest absolute Gasteiger partial charge is 0.487 e. The van der Waals surface area contributed by atoms with Crippen LogP contribution in [0.1, 0.15) is 38.1 Å². The van der Waals surface area contributed by atoms with Crippen molar-refractivity contribution in [1.29, 1.82) is 5.41 Å². The molecular formula is C20H23N3O2S. The Morgan fingerprint density at radius 1 is 1.27 bits per heavy atom. The first kappa shape index (κ1) is 18.3. The third-order valence-corrected chi connectivity index (χ3v) is 5.02. The fraction of sp³-hybridized carbons (Fsp3) is 0.350. The summed E-state index contributed by atoms with van der Waals surface area (Å²) >= 11 is 1.56. The van der Waals surface area contributed by atoms with Gasteiger partial charge in [-0.15, -0.1) is 11.3 Å². The minimum absolute atomic E-state index is 0.332. The Hall–Kier alpha value is -2.47. The monoisotopic (exact) mass is 369 g/mol. The van der Waals surface area contributed by atoms with E-state index in [-0.39, 0.29) is 0 Å². The Morgan fingerprint density at radius 2 is 2.08 bits per heavy atom. The summed E-state index contributed by atoms with van der Waals surface area (Å²) in [4.78, 5) is 8.74. The maximum absolute atomic E-state index is 8.05. The number of oxazole rings is 1. The maximum Gasteiger partial charge on any atom is 0.226 e. The van der Waals surface area contributed by atoms with Gasteiger partial charge in [0.15, 0.2) is 0 Å². The summed E-state index contributed by atoms with van der Waals surface area (Å²) in [6.07, 6.45) is 4.15. The molecule has 6 heteroatoms. The van der Waals surface area contributed by atoms with Crippen molar-refractivity contribution < 1.29 is 9.15 Å². The number of aryl methyl sites for hydroxylation is 1.